The lowest BCUT2D eigenvalue weighted by Gasteiger charge is -2.16. The summed E-state index contributed by atoms with van der Waals surface area (Å²) >= 11 is 6.19. The van der Waals surface area contributed by atoms with E-state index in [1.165, 1.54) is 0 Å². The number of para-hydroxylation sites is 2. The summed E-state index contributed by atoms with van der Waals surface area (Å²) in [5.74, 6) is 0. The van der Waals surface area contributed by atoms with Crippen molar-refractivity contribution in [2.75, 3.05) is 0 Å². The third-order valence-corrected chi connectivity index (χ3v) is 5.28. The maximum absolute atomic E-state index is 13.1. The third kappa shape index (κ3) is 2.70. The minimum atomic E-state index is 0.0513. The number of pyridine rings is 1. The molecule has 4 aromatic carbocycles. The largest absolute Gasteiger partial charge is 0.309 e. The van der Waals surface area contributed by atoms with Crippen LogP contribution in [-0.4, -0.2) is 4.57 Å². The van der Waals surface area contributed by atoms with Crippen molar-refractivity contribution in [2.45, 2.75) is 0 Å². The number of rotatable bonds is 2. The Hall–Kier alpha value is -3.36. The van der Waals surface area contributed by atoms with Gasteiger partial charge in [-0.3, -0.25) is 4.79 Å². The summed E-state index contributed by atoms with van der Waals surface area (Å²) in [5, 5.41) is 2.11. The van der Waals surface area contributed by atoms with Crippen LogP contribution in [0.5, 0.6) is 0 Å². The van der Waals surface area contributed by atoms with Gasteiger partial charge in [0.15, 0.2) is 5.43 Å². The lowest BCUT2D eigenvalue weighted by Crippen LogP contribution is -2.10. The third-order valence-electron chi connectivity index (χ3n) is 5.05. The molecule has 0 saturated carbocycles. The van der Waals surface area contributed by atoms with Crippen LogP contribution in [0.4, 0.5) is 0 Å². The van der Waals surface area contributed by atoms with Gasteiger partial charge in [-0.1, -0.05) is 60.1 Å². The molecule has 5 rings (SSSR count). The van der Waals surface area contributed by atoms with Crippen molar-refractivity contribution in [3.05, 3.63) is 112 Å². The molecule has 1 aromatic heterocycles. The minimum absolute atomic E-state index is 0.0513. The van der Waals surface area contributed by atoms with Crippen LogP contribution >= 0.6 is 11.6 Å². The standard InChI is InChI=1S/C25H16ClNO/c26-19-8-6-7-17(15-19)18-13-14-22-24(16-18)27(20-9-2-1-3-10-20)23-12-5-4-11-21(23)25(22)28/h1-16H. The molecule has 0 fully saturated rings. The van der Waals surface area contributed by atoms with Crippen molar-refractivity contribution in [3.63, 3.8) is 0 Å². The summed E-state index contributed by atoms with van der Waals surface area (Å²) in [6.07, 6.45) is 0. The zero-order chi connectivity index (χ0) is 19.1. The molecule has 5 aromatic rings. The lowest BCUT2D eigenvalue weighted by molar-refractivity contribution is 1.16. The predicted octanol–water partition coefficient (Wildman–Crippen LogP) is 6.46. The SMILES string of the molecule is O=c1c2ccccc2n(-c2ccccc2)c2cc(-c3cccc(Cl)c3)ccc12. The number of halogens is 1. The Balaban J connectivity index is 1.93. The Labute approximate surface area is 167 Å². The summed E-state index contributed by atoms with van der Waals surface area (Å²) < 4.78 is 2.15. The van der Waals surface area contributed by atoms with Crippen LogP contribution in [0.3, 0.4) is 0 Å². The van der Waals surface area contributed by atoms with Gasteiger partial charge in [0.1, 0.15) is 0 Å². The summed E-state index contributed by atoms with van der Waals surface area (Å²) in [6, 6.07) is 31.6. The quantitative estimate of drug-likeness (QED) is 0.321. The van der Waals surface area contributed by atoms with Crippen LogP contribution < -0.4 is 5.43 Å². The molecule has 0 aliphatic rings. The van der Waals surface area contributed by atoms with Crippen molar-refractivity contribution in [1.29, 1.82) is 0 Å². The molecular weight excluding hydrogens is 366 g/mol. The second-order valence-electron chi connectivity index (χ2n) is 6.76. The molecule has 0 amide bonds. The highest BCUT2D eigenvalue weighted by atomic mass is 35.5. The van der Waals surface area contributed by atoms with E-state index >= 15 is 0 Å². The van der Waals surface area contributed by atoms with Crippen molar-refractivity contribution < 1.29 is 0 Å². The van der Waals surface area contributed by atoms with Crippen molar-refractivity contribution >= 4 is 33.4 Å². The molecule has 0 bridgehead atoms. The molecule has 28 heavy (non-hydrogen) atoms. The predicted molar refractivity (Wildman–Crippen MR) is 117 cm³/mol. The van der Waals surface area contributed by atoms with Crippen LogP contribution in [0, 0.1) is 0 Å². The Morgan fingerprint density at radius 1 is 0.607 bits per heavy atom. The number of hydrogen-bond acceptors (Lipinski definition) is 1. The Kier molecular flexibility index (Phi) is 4.00. The van der Waals surface area contributed by atoms with E-state index in [1.54, 1.807) is 0 Å². The normalized spacial score (nSPS) is 11.2. The van der Waals surface area contributed by atoms with E-state index in [0.717, 1.165) is 27.8 Å². The zero-order valence-corrected chi connectivity index (χ0v) is 15.7. The monoisotopic (exact) mass is 381 g/mol. The van der Waals surface area contributed by atoms with Crippen LogP contribution in [0.25, 0.3) is 38.6 Å². The smallest absolute Gasteiger partial charge is 0.197 e. The molecule has 3 heteroatoms. The molecule has 0 radical (unpaired) electrons. The highest BCUT2D eigenvalue weighted by Crippen LogP contribution is 2.29. The van der Waals surface area contributed by atoms with E-state index in [2.05, 4.69) is 22.8 Å². The molecule has 0 atom stereocenters. The first-order chi connectivity index (χ1) is 13.7. The fourth-order valence-electron chi connectivity index (χ4n) is 3.75. The molecule has 0 N–H and O–H groups in total. The van der Waals surface area contributed by atoms with Gasteiger partial charge in [-0.15, -0.1) is 0 Å². The number of fused-ring (bicyclic) bond motifs is 2. The van der Waals surface area contributed by atoms with Crippen molar-refractivity contribution in [3.8, 4) is 16.8 Å². The number of benzene rings is 4. The first-order valence-corrected chi connectivity index (χ1v) is 9.49. The van der Waals surface area contributed by atoms with Gasteiger partial charge in [-0.05, 0) is 59.7 Å². The van der Waals surface area contributed by atoms with Gasteiger partial charge in [0.05, 0.1) is 11.0 Å². The molecule has 0 unspecified atom stereocenters. The summed E-state index contributed by atoms with van der Waals surface area (Å²) in [6.45, 7) is 0. The van der Waals surface area contributed by atoms with Gasteiger partial charge in [0, 0.05) is 21.5 Å². The summed E-state index contributed by atoms with van der Waals surface area (Å²) in [4.78, 5) is 13.1. The molecule has 0 aliphatic carbocycles. The maximum atomic E-state index is 13.1. The van der Waals surface area contributed by atoms with E-state index in [1.807, 2.05) is 78.9 Å². The fourth-order valence-corrected chi connectivity index (χ4v) is 3.94. The van der Waals surface area contributed by atoms with Gasteiger partial charge >= 0.3 is 0 Å². The molecule has 0 aliphatic heterocycles. The van der Waals surface area contributed by atoms with Crippen LogP contribution in [0.2, 0.25) is 5.02 Å². The second kappa shape index (κ2) is 6.66. The molecule has 134 valence electrons. The summed E-state index contributed by atoms with van der Waals surface area (Å²) in [5.41, 5.74) is 4.90. The van der Waals surface area contributed by atoms with E-state index < -0.39 is 0 Å². The van der Waals surface area contributed by atoms with Crippen LogP contribution in [0.1, 0.15) is 0 Å². The maximum Gasteiger partial charge on any atom is 0.197 e. The lowest BCUT2D eigenvalue weighted by atomic mass is 10.0. The molecule has 0 saturated heterocycles. The van der Waals surface area contributed by atoms with Crippen molar-refractivity contribution in [1.82, 2.24) is 4.57 Å². The van der Waals surface area contributed by atoms with Crippen molar-refractivity contribution in [2.24, 2.45) is 0 Å². The topological polar surface area (TPSA) is 22.0 Å². The first-order valence-electron chi connectivity index (χ1n) is 9.11. The highest BCUT2D eigenvalue weighted by molar-refractivity contribution is 6.30. The van der Waals surface area contributed by atoms with Gasteiger partial charge in [-0.25, -0.2) is 0 Å². The number of nitrogens with zero attached hydrogens (tertiary/aromatic N) is 1. The fraction of sp³-hybridized carbons (Fsp3) is 0. The first kappa shape index (κ1) is 16.8. The molecule has 0 spiro atoms. The second-order valence-corrected chi connectivity index (χ2v) is 7.20. The summed E-state index contributed by atoms with van der Waals surface area (Å²) in [7, 11) is 0. The van der Waals surface area contributed by atoms with Gasteiger partial charge in [-0.2, -0.15) is 0 Å². The number of aromatic nitrogens is 1. The zero-order valence-electron chi connectivity index (χ0n) is 15.0. The van der Waals surface area contributed by atoms with E-state index in [9.17, 15) is 4.79 Å². The van der Waals surface area contributed by atoms with Gasteiger partial charge in [0.25, 0.3) is 0 Å². The van der Waals surface area contributed by atoms with E-state index in [-0.39, 0.29) is 5.43 Å². The van der Waals surface area contributed by atoms with Gasteiger partial charge < -0.3 is 4.57 Å². The average molecular weight is 382 g/mol. The van der Waals surface area contributed by atoms with Gasteiger partial charge in [0.2, 0.25) is 0 Å². The van der Waals surface area contributed by atoms with E-state index in [0.29, 0.717) is 15.8 Å². The Morgan fingerprint density at radius 2 is 1.32 bits per heavy atom. The number of hydrogen-bond donors (Lipinski definition) is 0. The van der Waals surface area contributed by atoms with E-state index in [4.69, 9.17) is 11.6 Å². The molecule has 2 nitrogen and oxygen atoms in total. The van der Waals surface area contributed by atoms with Crippen LogP contribution in [0.15, 0.2) is 102 Å². The van der Waals surface area contributed by atoms with Crippen LogP contribution in [-0.2, 0) is 0 Å². The molecular formula is C25H16ClNO. The average Bonchev–Trinajstić information content (AvgIpc) is 2.74. The minimum Gasteiger partial charge on any atom is -0.309 e. The Morgan fingerprint density at radius 3 is 2.14 bits per heavy atom. The Bertz CT molecular complexity index is 1390. The highest BCUT2D eigenvalue weighted by Gasteiger charge is 2.13. The molecule has 1 heterocycles.